The van der Waals surface area contributed by atoms with E-state index in [-0.39, 0.29) is 0 Å². The molecule has 0 amide bonds. The van der Waals surface area contributed by atoms with Crippen LogP contribution in [-0.4, -0.2) is 23.8 Å². The van der Waals surface area contributed by atoms with Gasteiger partial charge in [-0.25, -0.2) is 0 Å². The summed E-state index contributed by atoms with van der Waals surface area (Å²) in [4.78, 5) is 0. The lowest BCUT2D eigenvalue weighted by Gasteiger charge is -2.26. The van der Waals surface area contributed by atoms with E-state index < -0.39 is 0 Å². The zero-order valence-electron chi connectivity index (χ0n) is 8.63. The molecule has 2 N–H and O–H groups in total. The van der Waals surface area contributed by atoms with Crippen molar-refractivity contribution in [3.8, 4) is 0 Å². The SMILES string of the molecule is C1CCC(SS[C@H]2CCCCN2)NC1. The van der Waals surface area contributed by atoms with E-state index in [1.165, 1.54) is 51.6 Å². The molecule has 1 unspecified atom stereocenters. The first-order chi connectivity index (χ1) is 6.95. The molecule has 0 aromatic heterocycles. The third kappa shape index (κ3) is 3.65. The average molecular weight is 232 g/mol. The number of nitrogens with one attached hydrogen (secondary N) is 2. The second kappa shape index (κ2) is 6.26. The highest BCUT2D eigenvalue weighted by atomic mass is 33.1. The average Bonchev–Trinajstić information content (AvgIpc) is 2.29. The summed E-state index contributed by atoms with van der Waals surface area (Å²) in [5, 5.41) is 8.56. The molecule has 14 heavy (non-hydrogen) atoms. The molecule has 0 aromatic carbocycles. The standard InChI is InChI=1S/C10H20N2S2/c1-3-7-11-9(5-1)13-14-10-6-2-4-8-12-10/h9-12H,1-8H2/t9-,10?/m0/s1. The maximum Gasteiger partial charge on any atom is 0.0637 e. The molecule has 0 spiro atoms. The molecular weight excluding hydrogens is 212 g/mol. The quantitative estimate of drug-likeness (QED) is 0.730. The smallest absolute Gasteiger partial charge is 0.0637 e. The van der Waals surface area contributed by atoms with E-state index in [0.717, 1.165) is 0 Å². The van der Waals surface area contributed by atoms with Gasteiger partial charge >= 0.3 is 0 Å². The molecule has 0 bridgehead atoms. The maximum absolute atomic E-state index is 3.57. The van der Waals surface area contributed by atoms with Crippen LogP contribution in [0.5, 0.6) is 0 Å². The molecule has 0 aromatic rings. The summed E-state index contributed by atoms with van der Waals surface area (Å²) in [7, 11) is 4.09. The van der Waals surface area contributed by atoms with Crippen molar-refractivity contribution in [3.63, 3.8) is 0 Å². The topological polar surface area (TPSA) is 24.1 Å². The molecule has 2 rings (SSSR count). The van der Waals surface area contributed by atoms with Crippen molar-refractivity contribution in [1.82, 2.24) is 10.6 Å². The van der Waals surface area contributed by atoms with E-state index in [1.54, 1.807) is 0 Å². The summed E-state index contributed by atoms with van der Waals surface area (Å²) in [6.45, 7) is 2.44. The Labute approximate surface area is 94.8 Å². The molecule has 2 aliphatic rings. The van der Waals surface area contributed by atoms with Crippen LogP contribution in [0, 0.1) is 0 Å². The van der Waals surface area contributed by atoms with Crippen LogP contribution < -0.4 is 10.6 Å². The summed E-state index contributed by atoms with van der Waals surface area (Å²) in [5.41, 5.74) is 0. The summed E-state index contributed by atoms with van der Waals surface area (Å²) in [5.74, 6) is 0. The number of hydrogen-bond donors (Lipinski definition) is 2. The van der Waals surface area contributed by atoms with Gasteiger partial charge in [-0.15, -0.1) is 0 Å². The third-order valence-corrected chi connectivity index (χ3v) is 5.93. The van der Waals surface area contributed by atoms with Crippen LogP contribution in [-0.2, 0) is 0 Å². The highest BCUT2D eigenvalue weighted by Gasteiger charge is 2.18. The summed E-state index contributed by atoms with van der Waals surface area (Å²) in [6, 6.07) is 0. The lowest BCUT2D eigenvalue weighted by Crippen LogP contribution is -2.33. The van der Waals surface area contributed by atoms with Crippen molar-refractivity contribution >= 4 is 21.6 Å². The van der Waals surface area contributed by atoms with Gasteiger partial charge in [0.15, 0.2) is 0 Å². The van der Waals surface area contributed by atoms with Gasteiger partial charge in [0.25, 0.3) is 0 Å². The fourth-order valence-corrected chi connectivity index (χ4v) is 4.89. The second-order valence-corrected chi connectivity index (χ2v) is 6.75. The molecule has 2 aliphatic heterocycles. The lowest BCUT2D eigenvalue weighted by atomic mass is 10.2. The molecule has 2 heterocycles. The monoisotopic (exact) mass is 232 g/mol. The van der Waals surface area contributed by atoms with Crippen LogP contribution in [0.1, 0.15) is 38.5 Å². The first kappa shape index (κ1) is 11.1. The Balaban J connectivity index is 1.60. The van der Waals surface area contributed by atoms with E-state index in [2.05, 4.69) is 10.6 Å². The molecule has 0 radical (unpaired) electrons. The fourth-order valence-electron chi connectivity index (χ4n) is 1.94. The van der Waals surface area contributed by atoms with Crippen molar-refractivity contribution in [2.75, 3.05) is 13.1 Å². The van der Waals surface area contributed by atoms with Gasteiger partial charge in [0.05, 0.1) is 10.7 Å². The van der Waals surface area contributed by atoms with Gasteiger partial charge in [0, 0.05) is 0 Å². The van der Waals surface area contributed by atoms with E-state index in [1.807, 2.05) is 21.6 Å². The maximum atomic E-state index is 3.57. The van der Waals surface area contributed by atoms with Crippen LogP contribution in [0.3, 0.4) is 0 Å². The van der Waals surface area contributed by atoms with Crippen molar-refractivity contribution in [2.45, 2.75) is 49.3 Å². The number of piperidine rings is 2. The zero-order valence-corrected chi connectivity index (χ0v) is 10.3. The van der Waals surface area contributed by atoms with Crippen LogP contribution >= 0.6 is 21.6 Å². The van der Waals surface area contributed by atoms with Gasteiger partial charge in [-0.1, -0.05) is 21.6 Å². The molecular formula is C10H20N2S2. The molecule has 2 saturated heterocycles. The minimum Gasteiger partial charge on any atom is -0.305 e. The normalized spacial score (nSPS) is 34.3. The minimum atomic E-state index is 0.706. The molecule has 2 nitrogen and oxygen atoms in total. The predicted molar refractivity (Wildman–Crippen MR) is 66.5 cm³/mol. The minimum absolute atomic E-state index is 0.706. The summed E-state index contributed by atoms with van der Waals surface area (Å²) >= 11 is 0. The Morgan fingerprint density at radius 3 is 1.57 bits per heavy atom. The van der Waals surface area contributed by atoms with Gasteiger partial charge in [-0.05, 0) is 51.6 Å². The molecule has 4 heteroatoms. The van der Waals surface area contributed by atoms with E-state index in [4.69, 9.17) is 0 Å². The first-order valence-corrected chi connectivity index (χ1v) is 8.02. The van der Waals surface area contributed by atoms with E-state index in [9.17, 15) is 0 Å². The van der Waals surface area contributed by atoms with Gasteiger partial charge in [0.2, 0.25) is 0 Å². The van der Waals surface area contributed by atoms with Gasteiger partial charge in [-0.3, -0.25) is 0 Å². The first-order valence-electron chi connectivity index (χ1n) is 5.74. The molecule has 2 fully saturated rings. The number of hydrogen-bond acceptors (Lipinski definition) is 4. The second-order valence-electron chi connectivity index (χ2n) is 4.07. The van der Waals surface area contributed by atoms with Crippen LogP contribution in [0.4, 0.5) is 0 Å². The Kier molecular flexibility index (Phi) is 4.97. The van der Waals surface area contributed by atoms with Crippen molar-refractivity contribution in [1.29, 1.82) is 0 Å². The predicted octanol–water partition coefficient (Wildman–Crippen LogP) is 2.57. The zero-order chi connectivity index (χ0) is 9.64. The van der Waals surface area contributed by atoms with Crippen LogP contribution in [0.15, 0.2) is 0 Å². The van der Waals surface area contributed by atoms with Crippen LogP contribution in [0.25, 0.3) is 0 Å². The summed E-state index contributed by atoms with van der Waals surface area (Å²) < 4.78 is 0. The molecule has 82 valence electrons. The highest BCUT2D eigenvalue weighted by molar-refractivity contribution is 8.77. The summed E-state index contributed by atoms with van der Waals surface area (Å²) in [6.07, 6.45) is 8.24. The van der Waals surface area contributed by atoms with Gasteiger partial charge in [-0.2, -0.15) is 0 Å². The van der Waals surface area contributed by atoms with Crippen molar-refractivity contribution in [3.05, 3.63) is 0 Å². The largest absolute Gasteiger partial charge is 0.305 e. The molecule has 2 atom stereocenters. The van der Waals surface area contributed by atoms with E-state index >= 15 is 0 Å². The van der Waals surface area contributed by atoms with Gasteiger partial charge in [0.1, 0.15) is 0 Å². The number of rotatable bonds is 3. The Bertz CT molecular complexity index is 136. The Morgan fingerprint density at radius 2 is 1.21 bits per heavy atom. The highest BCUT2D eigenvalue weighted by Crippen LogP contribution is 2.35. The van der Waals surface area contributed by atoms with Crippen LogP contribution in [0.2, 0.25) is 0 Å². The Hall–Kier alpha value is 0.620. The van der Waals surface area contributed by atoms with Crippen molar-refractivity contribution in [2.24, 2.45) is 0 Å². The lowest BCUT2D eigenvalue weighted by molar-refractivity contribution is 0.490. The van der Waals surface area contributed by atoms with Gasteiger partial charge < -0.3 is 10.6 Å². The van der Waals surface area contributed by atoms with Crippen molar-refractivity contribution < 1.29 is 0 Å². The molecule has 0 aliphatic carbocycles. The Morgan fingerprint density at radius 1 is 0.714 bits per heavy atom. The fraction of sp³-hybridized carbons (Fsp3) is 1.00. The van der Waals surface area contributed by atoms with E-state index in [0.29, 0.717) is 10.7 Å². The third-order valence-electron chi connectivity index (χ3n) is 2.82. The molecule has 0 saturated carbocycles.